The number of amides is 1. The molecule has 2 aliphatic heterocycles. The van der Waals surface area contributed by atoms with Gasteiger partial charge in [-0.15, -0.1) is 0 Å². The van der Waals surface area contributed by atoms with Crippen LogP contribution in [0.5, 0.6) is 0 Å². The van der Waals surface area contributed by atoms with Crippen LogP contribution in [0.2, 0.25) is 5.02 Å². The first-order valence-electron chi connectivity index (χ1n) is 9.38. The fourth-order valence-electron chi connectivity index (χ4n) is 3.84. The van der Waals surface area contributed by atoms with Gasteiger partial charge in [0.1, 0.15) is 5.02 Å². The number of hydrogen-bond acceptors (Lipinski definition) is 5. The Kier molecular flexibility index (Phi) is 5.58. The number of halogens is 1. The minimum Gasteiger partial charge on any atom is -0.366 e. The third-order valence-corrected chi connectivity index (χ3v) is 5.70. The summed E-state index contributed by atoms with van der Waals surface area (Å²) in [4.78, 5) is 31.3. The Bertz CT molecular complexity index is 725. The molecule has 1 amide bonds. The monoisotopic (exact) mass is 381 g/mol. The van der Waals surface area contributed by atoms with E-state index in [9.17, 15) is 9.59 Å². The van der Waals surface area contributed by atoms with E-state index in [1.54, 1.807) is 6.20 Å². The number of anilines is 1. The number of aromatic nitrogens is 2. The molecule has 8 heteroatoms. The number of carbonyl (C=O) groups excluding carboxylic acids is 1. The van der Waals surface area contributed by atoms with Crippen LogP contribution in [0.25, 0.3) is 0 Å². The second-order valence-electron chi connectivity index (χ2n) is 7.64. The Morgan fingerprint density at radius 2 is 1.69 bits per heavy atom. The molecule has 0 aromatic carbocycles. The zero-order chi connectivity index (χ0) is 19.0. The highest BCUT2D eigenvalue weighted by Crippen LogP contribution is 2.25. The summed E-state index contributed by atoms with van der Waals surface area (Å²) in [6.45, 7) is 11.8. The van der Waals surface area contributed by atoms with Crippen LogP contribution in [-0.2, 0) is 4.79 Å². The first kappa shape index (κ1) is 19.2. The SMILES string of the molecule is CC(C)N1CCC(N2CCN(c3cnn(C(C)C)c(=O)c3Cl)CC2)C1=O. The quantitative estimate of drug-likeness (QED) is 0.793. The lowest BCUT2D eigenvalue weighted by Gasteiger charge is -2.38. The molecule has 3 rings (SSSR count). The van der Waals surface area contributed by atoms with E-state index in [0.717, 1.165) is 39.1 Å². The standard InChI is InChI=1S/C18H28ClN5O2/c1-12(2)23-6-5-14(17(23)25)21-7-9-22(10-8-21)15-11-20-24(13(3)4)18(26)16(15)19/h11-14H,5-10H2,1-4H3. The lowest BCUT2D eigenvalue weighted by Crippen LogP contribution is -2.53. The van der Waals surface area contributed by atoms with Crippen molar-refractivity contribution < 1.29 is 4.79 Å². The van der Waals surface area contributed by atoms with Crippen molar-refractivity contribution in [1.29, 1.82) is 0 Å². The Morgan fingerprint density at radius 3 is 2.23 bits per heavy atom. The van der Waals surface area contributed by atoms with Crippen molar-refractivity contribution in [3.8, 4) is 0 Å². The maximum Gasteiger partial charge on any atom is 0.287 e. The molecule has 2 aliphatic rings. The summed E-state index contributed by atoms with van der Waals surface area (Å²) in [6.07, 6.45) is 2.57. The van der Waals surface area contributed by atoms with Gasteiger partial charge in [-0.25, -0.2) is 4.68 Å². The van der Waals surface area contributed by atoms with Crippen LogP contribution in [-0.4, -0.2) is 70.3 Å². The Morgan fingerprint density at radius 1 is 1.04 bits per heavy atom. The first-order valence-corrected chi connectivity index (χ1v) is 9.75. The third-order valence-electron chi connectivity index (χ3n) is 5.34. The summed E-state index contributed by atoms with van der Waals surface area (Å²) in [6, 6.07) is 0.219. The van der Waals surface area contributed by atoms with Gasteiger partial charge in [-0.1, -0.05) is 11.6 Å². The zero-order valence-corrected chi connectivity index (χ0v) is 16.7. The molecule has 1 unspecified atom stereocenters. The van der Waals surface area contributed by atoms with Crippen molar-refractivity contribution in [2.75, 3.05) is 37.6 Å². The molecule has 7 nitrogen and oxygen atoms in total. The summed E-state index contributed by atoms with van der Waals surface area (Å²) in [5, 5.41) is 4.48. The van der Waals surface area contributed by atoms with E-state index in [-0.39, 0.29) is 34.6 Å². The maximum atomic E-state index is 12.6. The molecular formula is C18H28ClN5O2. The second kappa shape index (κ2) is 7.56. The van der Waals surface area contributed by atoms with Crippen LogP contribution in [0.3, 0.4) is 0 Å². The topological polar surface area (TPSA) is 61.7 Å². The van der Waals surface area contributed by atoms with Gasteiger partial charge in [-0.05, 0) is 34.1 Å². The van der Waals surface area contributed by atoms with Crippen LogP contribution < -0.4 is 10.5 Å². The van der Waals surface area contributed by atoms with Gasteiger partial charge in [0.15, 0.2) is 0 Å². The van der Waals surface area contributed by atoms with Crippen molar-refractivity contribution in [1.82, 2.24) is 19.6 Å². The van der Waals surface area contributed by atoms with Crippen molar-refractivity contribution >= 4 is 23.2 Å². The van der Waals surface area contributed by atoms with Gasteiger partial charge in [-0.3, -0.25) is 14.5 Å². The molecule has 2 saturated heterocycles. The lowest BCUT2D eigenvalue weighted by atomic mass is 10.1. The Hall–Kier alpha value is -1.60. The lowest BCUT2D eigenvalue weighted by molar-refractivity contribution is -0.133. The molecule has 0 saturated carbocycles. The highest BCUT2D eigenvalue weighted by molar-refractivity contribution is 6.33. The van der Waals surface area contributed by atoms with Gasteiger partial charge >= 0.3 is 0 Å². The van der Waals surface area contributed by atoms with E-state index >= 15 is 0 Å². The third kappa shape index (κ3) is 3.47. The molecule has 0 bridgehead atoms. The van der Waals surface area contributed by atoms with Crippen molar-refractivity contribution in [3.05, 3.63) is 21.6 Å². The zero-order valence-electron chi connectivity index (χ0n) is 16.0. The largest absolute Gasteiger partial charge is 0.366 e. The number of hydrogen-bond donors (Lipinski definition) is 0. The summed E-state index contributed by atoms with van der Waals surface area (Å²) < 4.78 is 1.40. The van der Waals surface area contributed by atoms with E-state index in [1.807, 2.05) is 18.7 Å². The molecule has 1 aromatic rings. The normalized spacial score (nSPS) is 22.1. The molecule has 1 atom stereocenters. The van der Waals surface area contributed by atoms with Crippen LogP contribution in [0.1, 0.15) is 40.2 Å². The van der Waals surface area contributed by atoms with Crippen LogP contribution in [0.4, 0.5) is 5.69 Å². The number of rotatable bonds is 4. The molecule has 3 heterocycles. The van der Waals surface area contributed by atoms with Crippen LogP contribution in [0, 0.1) is 0 Å². The highest BCUT2D eigenvalue weighted by atomic mass is 35.5. The van der Waals surface area contributed by atoms with Crippen LogP contribution in [0.15, 0.2) is 11.0 Å². The van der Waals surface area contributed by atoms with E-state index in [2.05, 4.69) is 28.7 Å². The Balaban J connectivity index is 1.67. The van der Waals surface area contributed by atoms with Crippen molar-refractivity contribution in [2.45, 2.75) is 52.2 Å². The fraction of sp³-hybridized carbons (Fsp3) is 0.722. The van der Waals surface area contributed by atoms with Crippen LogP contribution >= 0.6 is 11.6 Å². The van der Waals surface area contributed by atoms with Gasteiger partial charge in [0.25, 0.3) is 5.56 Å². The van der Waals surface area contributed by atoms with Gasteiger partial charge in [0, 0.05) is 38.8 Å². The van der Waals surface area contributed by atoms with Gasteiger partial charge < -0.3 is 9.80 Å². The molecule has 0 N–H and O–H groups in total. The minimum absolute atomic E-state index is 0.0120. The number of piperazine rings is 1. The first-order chi connectivity index (χ1) is 12.3. The highest BCUT2D eigenvalue weighted by Gasteiger charge is 2.38. The smallest absolute Gasteiger partial charge is 0.287 e. The van der Waals surface area contributed by atoms with E-state index in [0.29, 0.717) is 5.69 Å². The fourth-order valence-corrected chi connectivity index (χ4v) is 4.09. The number of carbonyl (C=O) groups is 1. The van der Waals surface area contributed by atoms with Gasteiger partial charge in [0.2, 0.25) is 5.91 Å². The number of nitrogens with zero attached hydrogens (tertiary/aromatic N) is 5. The van der Waals surface area contributed by atoms with Gasteiger partial charge in [0.05, 0.1) is 24.0 Å². The average Bonchev–Trinajstić information content (AvgIpc) is 2.99. The summed E-state index contributed by atoms with van der Waals surface area (Å²) in [5.41, 5.74) is 0.440. The van der Waals surface area contributed by atoms with Crippen molar-refractivity contribution in [3.63, 3.8) is 0 Å². The maximum absolute atomic E-state index is 12.6. The molecule has 2 fully saturated rings. The van der Waals surface area contributed by atoms with Gasteiger partial charge in [-0.2, -0.15) is 5.10 Å². The molecule has 26 heavy (non-hydrogen) atoms. The summed E-state index contributed by atoms with van der Waals surface area (Å²) >= 11 is 6.33. The van der Waals surface area contributed by atoms with Crippen molar-refractivity contribution in [2.24, 2.45) is 0 Å². The molecule has 0 radical (unpaired) electrons. The molecular weight excluding hydrogens is 354 g/mol. The molecule has 144 valence electrons. The predicted molar refractivity (Wildman–Crippen MR) is 103 cm³/mol. The number of likely N-dealkylation sites (tertiary alicyclic amines) is 1. The average molecular weight is 382 g/mol. The second-order valence-corrected chi connectivity index (χ2v) is 8.02. The van der Waals surface area contributed by atoms with E-state index in [4.69, 9.17) is 11.6 Å². The summed E-state index contributed by atoms with van der Waals surface area (Å²) in [7, 11) is 0. The molecule has 0 spiro atoms. The van der Waals surface area contributed by atoms with E-state index < -0.39 is 0 Å². The molecule has 0 aliphatic carbocycles. The minimum atomic E-state index is -0.250. The Labute approximate surface area is 159 Å². The molecule has 1 aromatic heterocycles. The summed E-state index contributed by atoms with van der Waals surface area (Å²) in [5.74, 6) is 0.243. The predicted octanol–water partition coefficient (Wildman–Crippen LogP) is 1.61. The van der Waals surface area contributed by atoms with E-state index in [1.165, 1.54) is 4.68 Å².